The molecule has 0 fully saturated rings. The van der Waals surface area contributed by atoms with Gasteiger partial charge in [-0.1, -0.05) is 29.8 Å². The largest absolute Gasteiger partial charge is 0.325 e. The smallest absolute Gasteiger partial charge is 0.241 e. The van der Waals surface area contributed by atoms with E-state index in [4.69, 9.17) is 16.9 Å². The average molecular weight is 328 g/mol. The van der Waals surface area contributed by atoms with Gasteiger partial charge in [0, 0.05) is 16.8 Å². The molecule has 0 radical (unpaired) electrons. The molecule has 118 valence electrons. The van der Waals surface area contributed by atoms with Crippen LogP contribution in [0.3, 0.4) is 0 Å². The van der Waals surface area contributed by atoms with Gasteiger partial charge in [0.25, 0.3) is 0 Å². The summed E-state index contributed by atoms with van der Waals surface area (Å²) < 4.78 is 0. The molecule has 2 atom stereocenters. The molecule has 0 spiro atoms. The third kappa shape index (κ3) is 4.82. The van der Waals surface area contributed by atoms with Crippen LogP contribution in [0.1, 0.15) is 31.0 Å². The Morgan fingerprint density at radius 1 is 1.17 bits per heavy atom. The summed E-state index contributed by atoms with van der Waals surface area (Å²) in [5.41, 5.74) is 2.18. The number of rotatable bonds is 5. The van der Waals surface area contributed by atoms with E-state index in [2.05, 4.69) is 16.7 Å². The van der Waals surface area contributed by atoms with Crippen LogP contribution in [-0.2, 0) is 4.79 Å². The Morgan fingerprint density at radius 3 is 2.52 bits per heavy atom. The first kappa shape index (κ1) is 17.0. The van der Waals surface area contributed by atoms with Crippen LogP contribution in [0.5, 0.6) is 0 Å². The molecule has 0 saturated heterocycles. The van der Waals surface area contributed by atoms with E-state index in [1.807, 2.05) is 31.2 Å². The summed E-state index contributed by atoms with van der Waals surface area (Å²) in [5, 5.41) is 15.6. The topological polar surface area (TPSA) is 64.9 Å². The Morgan fingerprint density at radius 2 is 1.87 bits per heavy atom. The molecule has 0 aliphatic heterocycles. The highest BCUT2D eigenvalue weighted by Gasteiger charge is 2.16. The number of amides is 1. The lowest BCUT2D eigenvalue weighted by Crippen LogP contribution is -2.39. The van der Waals surface area contributed by atoms with Gasteiger partial charge in [0.15, 0.2) is 0 Å². The first-order chi connectivity index (χ1) is 11.0. The van der Waals surface area contributed by atoms with Crippen LogP contribution in [-0.4, -0.2) is 11.9 Å². The normalized spacial score (nSPS) is 13.0. The number of halogens is 1. The zero-order valence-electron chi connectivity index (χ0n) is 13.0. The third-order valence-corrected chi connectivity index (χ3v) is 3.77. The van der Waals surface area contributed by atoms with E-state index < -0.39 is 0 Å². The minimum absolute atomic E-state index is 0.0125. The molecule has 2 rings (SSSR count). The number of anilines is 1. The van der Waals surface area contributed by atoms with Crippen molar-refractivity contribution in [2.45, 2.75) is 25.9 Å². The molecule has 0 bridgehead atoms. The van der Waals surface area contributed by atoms with Gasteiger partial charge in [0.2, 0.25) is 5.91 Å². The Balaban J connectivity index is 1.96. The molecule has 0 unspecified atom stereocenters. The Kier molecular flexibility index (Phi) is 5.75. The van der Waals surface area contributed by atoms with Gasteiger partial charge in [-0.2, -0.15) is 5.26 Å². The number of hydrogen-bond donors (Lipinski definition) is 2. The Hall–Kier alpha value is -2.35. The molecule has 2 aromatic rings. The number of benzene rings is 2. The van der Waals surface area contributed by atoms with E-state index in [1.54, 1.807) is 31.2 Å². The molecule has 0 aliphatic carbocycles. The molecule has 2 aromatic carbocycles. The molecular formula is C18H18ClN3O. The standard InChI is InChI=1S/C18H18ClN3O/c1-12(15-6-8-16(19)9-7-15)21-13(2)18(23)22-17-5-3-4-14(10-17)11-20/h3-10,12-13,21H,1-2H3,(H,22,23)/t12-,13-/m1/s1. The lowest BCUT2D eigenvalue weighted by atomic mass is 10.1. The first-order valence-corrected chi connectivity index (χ1v) is 7.70. The fraction of sp³-hybridized carbons (Fsp3) is 0.222. The molecule has 0 aliphatic rings. The van der Waals surface area contributed by atoms with Crippen molar-refractivity contribution >= 4 is 23.2 Å². The molecule has 0 saturated carbocycles. The van der Waals surface area contributed by atoms with Gasteiger partial charge in [0.1, 0.15) is 0 Å². The number of hydrogen-bond acceptors (Lipinski definition) is 3. The van der Waals surface area contributed by atoms with Crippen LogP contribution in [0.15, 0.2) is 48.5 Å². The van der Waals surface area contributed by atoms with Crippen molar-refractivity contribution in [3.63, 3.8) is 0 Å². The number of carbonyl (C=O) groups excluding carboxylic acids is 1. The Labute approximate surface area is 141 Å². The maximum atomic E-state index is 12.3. The van der Waals surface area contributed by atoms with Gasteiger partial charge in [-0.05, 0) is 49.7 Å². The van der Waals surface area contributed by atoms with E-state index in [1.165, 1.54) is 0 Å². The van der Waals surface area contributed by atoms with Crippen molar-refractivity contribution in [1.29, 1.82) is 5.26 Å². The second-order valence-electron chi connectivity index (χ2n) is 5.34. The second-order valence-corrected chi connectivity index (χ2v) is 5.78. The predicted molar refractivity (Wildman–Crippen MR) is 92.3 cm³/mol. The summed E-state index contributed by atoms with van der Waals surface area (Å²) in [6, 6.07) is 16.0. The molecule has 2 N–H and O–H groups in total. The van der Waals surface area contributed by atoms with E-state index in [9.17, 15) is 4.79 Å². The molecule has 1 amide bonds. The number of carbonyl (C=O) groups is 1. The summed E-state index contributed by atoms with van der Waals surface area (Å²) >= 11 is 5.88. The summed E-state index contributed by atoms with van der Waals surface area (Å²) in [6.07, 6.45) is 0. The van der Waals surface area contributed by atoms with Gasteiger partial charge in [0.05, 0.1) is 17.7 Å². The molecule has 5 heteroatoms. The predicted octanol–water partition coefficient (Wildman–Crippen LogP) is 3.89. The highest BCUT2D eigenvalue weighted by atomic mass is 35.5. The number of nitrogens with zero attached hydrogens (tertiary/aromatic N) is 1. The summed E-state index contributed by atoms with van der Waals surface area (Å²) in [5.74, 6) is -0.152. The molecule has 4 nitrogen and oxygen atoms in total. The fourth-order valence-electron chi connectivity index (χ4n) is 2.22. The second kappa shape index (κ2) is 7.77. The van der Waals surface area contributed by atoms with Crippen molar-refractivity contribution in [3.8, 4) is 6.07 Å². The van der Waals surface area contributed by atoms with E-state index >= 15 is 0 Å². The van der Waals surface area contributed by atoms with Gasteiger partial charge >= 0.3 is 0 Å². The van der Waals surface area contributed by atoms with Crippen LogP contribution in [0.25, 0.3) is 0 Å². The molecule has 0 heterocycles. The lowest BCUT2D eigenvalue weighted by molar-refractivity contribution is -0.117. The van der Waals surface area contributed by atoms with Gasteiger partial charge in [-0.3, -0.25) is 10.1 Å². The van der Waals surface area contributed by atoms with E-state index in [0.717, 1.165) is 5.56 Å². The van der Waals surface area contributed by atoms with Crippen molar-refractivity contribution in [2.24, 2.45) is 0 Å². The molecule has 0 aromatic heterocycles. The van der Waals surface area contributed by atoms with E-state index in [0.29, 0.717) is 16.3 Å². The maximum absolute atomic E-state index is 12.3. The lowest BCUT2D eigenvalue weighted by Gasteiger charge is -2.20. The van der Waals surface area contributed by atoms with Crippen LogP contribution < -0.4 is 10.6 Å². The summed E-state index contributed by atoms with van der Waals surface area (Å²) in [7, 11) is 0. The van der Waals surface area contributed by atoms with Crippen molar-refractivity contribution in [1.82, 2.24) is 5.32 Å². The minimum Gasteiger partial charge on any atom is -0.325 e. The van der Waals surface area contributed by atoms with Gasteiger partial charge in [-0.15, -0.1) is 0 Å². The average Bonchev–Trinajstić information content (AvgIpc) is 2.55. The van der Waals surface area contributed by atoms with E-state index in [-0.39, 0.29) is 18.0 Å². The highest BCUT2D eigenvalue weighted by Crippen LogP contribution is 2.17. The van der Waals surface area contributed by atoms with Crippen LogP contribution >= 0.6 is 11.6 Å². The number of nitrogens with one attached hydrogen (secondary N) is 2. The highest BCUT2D eigenvalue weighted by molar-refractivity contribution is 6.30. The minimum atomic E-state index is -0.383. The van der Waals surface area contributed by atoms with Crippen LogP contribution in [0.2, 0.25) is 5.02 Å². The zero-order valence-corrected chi connectivity index (χ0v) is 13.8. The first-order valence-electron chi connectivity index (χ1n) is 7.32. The van der Waals surface area contributed by atoms with Crippen LogP contribution in [0.4, 0.5) is 5.69 Å². The number of nitriles is 1. The Bertz CT molecular complexity index is 722. The maximum Gasteiger partial charge on any atom is 0.241 e. The van der Waals surface area contributed by atoms with Gasteiger partial charge < -0.3 is 5.32 Å². The molecule has 23 heavy (non-hydrogen) atoms. The van der Waals surface area contributed by atoms with Crippen molar-refractivity contribution in [3.05, 3.63) is 64.7 Å². The summed E-state index contributed by atoms with van der Waals surface area (Å²) in [4.78, 5) is 12.3. The van der Waals surface area contributed by atoms with Gasteiger partial charge in [-0.25, -0.2) is 0 Å². The SMILES string of the molecule is C[C@@H](N[C@H](C)c1ccc(Cl)cc1)C(=O)Nc1cccc(C#N)c1. The summed E-state index contributed by atoms with van der Waals surface area (Å²) in [6.45, 7) is 3.79. The zero-order chi connectivity index (χ0) is 16.8. The fourth-order valence-corrected chi connectivity index (χ4v) is 2.34. The van der Waals surface area contributed by atoms with Crippen molar-refractivity contribution < 1.29 is 4.79 Å². The van der Waals surface area contributed by atoms with Crippen molar-refractivity contribution in [2.75, 3.05) is 5.32 Å². The monoisotopic (exact) mass is 327 g/mol. The molecular weight excluding hydrogens is 310 g/mol. The van der Waals surface area contributed by atoms with Crippen LogP contribution in [0, 0.1) is 11.3 Å². The quantitative estimate of drug-likeness (QED) is 0.875. The third-order valence-electron chi connectivity index (χ3n) is 3.52.